The van der Waals surface area contributed by atoms with Crippen LogP contribution in [0, 0.1) is 13.8 Å². The Morgan fingerprint density at radius 1 is 1.15 bits per heavy atom. The van der Waals surface area contributed by atoms with Crippen molar-refractivity contribution < 1.29 is 4.84 Å². The number of pyridine rings is 1. The van der Waals surface area contributed by atoms with Crippen LogP contribution in [0.2, 0.25) is 0 Å². The van der Waals surface area contributed by atoms with Crippen LogP contribution in [0.5, 0.6) is 0 Å². The highest BCUT2D eigenvalue weighted by atomic mass is 32.1. The van der Waals surface area contributed by atoms with E-state index >= 15 is 0 Å². The van der Waals surface area contributed by atoms with Crippen molar-refractivity contribution in [3.05, 3.63) is 67.5 Å². The Kier molecular flexibility index (Phi) is 4.29. The van der Waals surface area contributed by atoms with Crippen LogP contribution >= 0.6 is 11.3 Å². The number of anilines is 1. The lowest BCUT2D eigenvalue weighted by molar-refractivity contribution is 0.271. The number of rotatable bonds is 4. The monoisotopic (exact) mass is 382 g/mol. The zero-order valence-corrected chi connectivity index (χ0v) is 15.9. The molecule has 4 rings (SSSR count). The first-order chi connectivity index (χ1) is 13.0. The van der Waals surface area contributed by atoms with Crippen LogP contribution < -0.4 is 16.7 Å². The minimum absolute atomic E-state index is 0.378. The summed E-state index contributed by atoms with van der Waals surface area (Å²) in [6.07, 6.45) is 0.707. The number of aromatic nitrogens is 3. The molecule has 0 aliphatic rings. The Morgan fingerprint density at radius 2 is 1.89 bits per heavy atom. The fourth-order valence-electron chi connectivity index (χ4n) is 3.34. The largest absolute Gasteiger partial charge is 0.326 e. The second-order valence-electron chi connectivity index (χ2n) is 6.38. The second kappa shape index (κ2) is 6.64. The number of thiophene rings is 1. The number of H-pyrrole nitrogens is 2. The minimum atomic E-state index is -0.505. The molecule has 3 heterocycles. The summed E-state index contributed by atoms with van der Waals surface area (Å²) in [4.78, 5) is 39.3. The summed E-state index contributed by atoms with van der Waals surface area (Å²) in [6.45, 7) is 3.98. The molecule has 8 heteroatoms. The molecule has 138 valence electrons. The van der Waals surface area contributed by atoms with Crippen LogP contribution in [-0.4, -0.2) is 22.1 Å². The number of hydrogen-bond acceptors (Lipinski definition) is 6. The summed E-state index contributed by atoms with van der Waals surface area (Å²) < 4.78 is 0.492. The predicted molar refractivity (Wildman–Crippen MR) is 108 cm³/mol. The molecule has 0 spiro atoms. The molecule has 7 nitrogen and oxygen atoms in total. The van der Waals surface area contributed by atoms with Crippen LogP contribution in [0.1, 0.15) is 22.4 Å². The predicted octanol–water partition coefficient (Wildman–Crippen LogP) is 3.01. The Balaban J connectivity index is 1.86. The van der Waals surface area contributed by atoms with Gasteiger partial charge < -0.3 is 4.98 Å². The van der Waals surface area contributed by atoms with Gasteiger partial charge in [0.05, 0.1) is 18.3 Å². The Bertz CT molecular complexity index is 1270. The van der Waals surface area contributed by atoms with Crippen molar-refractivity contribution >= 4 is 37.5 Å². The molecule has 0 fully saturated rings. The van der Waals surface area contributed by atoms with Gasteiger partial charge in [-0.05, 0) is 49.1 Å². The molecule has 0 radical (unpaired) electrons. The summed E-state index contributed by atoms with van der Waals surface area (Å²) in [7, 11) is 1.57. The molecule has 27 heavy (non-hydrogen) atoms. The number of fused-ring (bicyclic) bond motifs is 3. The highest BCUT2D eigenvalue weighted by Crippen LogP contribution is 2.34. The molecular weight excluding hydrogens is 364 g/mol. The standard InChI is InChI=1S/C19H18N4O3S/c1-9-13(8-11-4-6-12(7-5-11)23-26-3)10(2)20-18-14(9)15-16(27-18)17(24)22-19(25)21-15/h4-7,23H,8H2,1-3H3,(H2,21,22,24,25). The van der Waals surface area contributed by atoms with Crippen molar-refractivity contribution in [2.75, 3.05) is 12.6 Å². The first-order valence-electron chi connectivity index (χ1n) is 8.40. The third kappa shape index (κ3) is 3.02. The fourth-order valence-corrected chi connectivity index (χ4v) is 4.48. The molecular formula is C19H18N4O3S. The summed E-state index contributed by atoms with van der Waals surface area (Å²) in [5.41, 5.74) is 7.54. The molecule has 0 aliphatic heterocycles. The molecule has 0 saturated heterocycles. The molecule has 0 saturated carbocycles. The summed E-state index contributed by atoms with van der Waals surface area (Å²) in [5, 5.41) is 0.844. The summed E-state index contributed by atoms with van der Waals surface area (Å²) in [6, 6.07) is 7.96. The average Bonchev–Trinajstić information content (AvgIpc) is 2.99. The second-order valence-corrected chi connectivity index (χ2v) is 7.37. The van der Waals surface area contributed by atoms with Gasteiger partial charge in [-0.3, -0.25) is 20.1 Å². The molecule has 0 bridgehead atoms. The van der Waals surface area contributed by atoms with E-state index in [2.05, 4.69) is 15.4 Å². The van der Waals surface area contributed by atoms with Gasteiger partial charge in [-0.15, -0.1) is 11.3 Å². The van der Waals surface area contributed by atoms with Crippen molar-refractivity contribution in [1.29, 1.82) is 0 Å². The summed E-state index contributed by atoms with van der Waals surface area (Å²) >= 11 is 1.30. The molecule has 3 aromatic heterocycles. The van der Waals surface area contributed by atoms with Crippen LogP contribution in [0.25, 0.3) is 20.4 Å². The third-order valence-corrected chi connectivity index (χ3v) is 5.73. The SMILES string of the molecule is CONc1ccc(Cc2c(C)nc3sc4c(=O)[nH]c(=O)[nH]c4c3c2C)cc1. The lowest BCUT2D eigenvalue weighted by atomic mass is 9.97. The van der Waals surface area contributed by atoms with Gasteiger partial charge in [-0.2, -0.15) is 0 Å². The van der Waals surface area contributed by atoms with Crippen molar-refractivity contribution in [3.8, 4) is 0 Å². The van der Waals surface area contributed by atoms with Gasteiger partial charge in [0.25, 0.3) is 5.56 Å². The average molecular weight is 382 g/mol. The van der Waals surface area contributed by atoms with E-state index in [0.29, 0.717) is 16.6 Å². The number of benzene rings is 1. The first kappa shape index (κ1) is 17.4. The minimum Gasteiger partial charge on any atom is -0.305 e. The molecule has 4 aromatic rings. The topological polar surface area (TPSA) is 99.9 Å². The van der Waals surface area contributed by atoms with E-state index in [1.54, 1.807) is 7.11 Å². The molecule has 0 aliphatic carbocycles. The maximum atomic E-state index is 12.1. The number of nitrogens with one attached hydrogen (secondary N) is 3. The highest BCUT2D eigenvalue weighted by Gasteiger charge is 2.17. The zero-order chi connectivity index (χ0) is 19.1. The normalized spacial score (nSPS) is 11.4. The van der Waals surface area contributed by atoms with E-state index in [0.717, 1.165) is 38.3 Å². The van der Waals surface area contributed by atoms with Crippen LogP contribution in [-0.2, 0) is 11.3 Å². The molecule has 0 unspecified atom stereocenters. The van der Waals surface area contributed by atoms with Crippen LogP contribution in [0.15, 0.2) is 33.9 Å². The van der Waals surface area contributed by atoms with Crippen molar-refractivity contribution in [3.63, 3.8) is 0 Å². The maximum absolute atomic E-state index is 12.1. The van der Waals surface area contributed by atoms with Crippen molar-refractivity contribution in [2.24, 2.45) is 0 Å². The third-order valence-electron chi connectivity index (χ3n) is 4.65. The number of aryl methyl sites for hydroxylation is 2. The lowest BCUT2D eigenvalue weighted by Gasteiger charge is -2.11. The van der Waals surface area contributed by atoms with Crippen LogP contribution in [0.4, 0.5) is 5.69 Å². The molecule has 0 atom stereocenters. The van der Waals surface area contributed by atoms with Gasteiger partial charge in [0.15, 0.2) is 0 Å². The van der Waals surface area contributed by atoms with E-state index < -0.39 is 5.69 Å². The number of nitrogens with zero attached hydrogens (tertiary/aromatic N) is 1. The smallest absolute Gasteiger partial charge is 0.305 e. The van der Waals surface area contributed by atoms with Gasteiger partial charge in [0.2, 0.25) is 0 Å². The van der Waals surface area contributed by atoms with E-state index in [1.165, 1.54) is 11.3 Å². The number of aromatic amines is 2. The fraction of sp³-hybridized carbons (Fsp3) is 0.211. The Morgan fingerprint density at radius 3 is 2.59 bits per heavy atom. The first-order valence-corrected chi connectivity index (χ1v) is 9.22. The zero-order valence-electron chi connectivity index (χ0n) is 15.1. The van der Waals surface area contributed by atoms with Gasteiger partial charge >= 0.3 is 5.69 Å². The van der Waals surface area contributed by atoms with E-state index in [4.69, 9.17) is 9.82 Å². The van der Waals surface area contributed by atoms with E-state index in [1.807, 2.05) is 38.1 Å². The van der Waals surface area contributed by atoms with Crippen molar-refractivity contribution in [1.82, 2.24) is 15.0 Å². The highest BCUT2D eigenvalue weighted by molar-refractivity contribution is 7.25. The van der Waals surface area contributed by atoms with Gasteiger partial charge in [-0.1, -0.05) is 12.1 Å². The maximum Gasteiger partial charge on any atom is 0.326 e. The molecule has 0 amide bonds. The van der Waals surface area contributed by atoms with Gasteiger partial charge in [0.1, 0.15) is 9.53 Å². The summed E-state index contributed by atoms with van der Waals surface area (Å²) in [5.74, 6) is 0. The van der Waals surface area contributed by atoms with E-state index in [-0.39, 0.29) is 5.56 Å². The number of hydrogen-bond donors (Lipinski definition) is 3. The molecule has 1 aromatic carbocycles. The Hall–Kier alpha value is -2.97. The van der Waals surface area contributed by atoms with Crippen molar-refractivity contribution in [2.45, 2.75) is 20.3 Å². The van der Waals surface area contributed by atoms with Gasteiger partial charge in [-0.25, -0.2) is 9.78 Å². The quantitative estimate of drug-likeness (QED) is 0.471. The van der Waals surface area contributed by atoms with Crippen LogP contribution in [0.3, 0.4) is 0 Å². The molecule has 3 N–H and O–H groups in total. The lowest BCUT2D eigenvalue weighted by Crippen LogP contribution is -2.20. The van der Waals surface area contributed by atoms with Gasteiger partial charge in [0, 0.05) is 11.1 Å². The van der Waals surface area contributed by atoms with E-state index in [9.17, 15) is 9.59 Å². The Labute approximate surface area is 158 Å².